The fourth-order valence-corrected chi connectivity index (χ4v) is 2.95. The molecule has 0 aromatic heterocycles. The van der Waals surface area contributed by atoms with Crippen molar-refractivity contribution < 1.29 is 9.53 Å². The van der Waals surface area contributed by atoms with Crippen molar-refractivity contribution >= 4 is 5.91 Å². The summed E-state index contributed by atoms with van der Waals surface area (Å²) in [6, 6.07) is 6.57. The van der Waals surface area contributed by atoms with Crippen LogP contribution in [0.15, 0.2) is 18.2 Å². The van der Waals surface area contributed by atoms with E-state index in [-0.39, 0.29) is 5.91 Å². The predicted molar refractivity (Wildman–Crippen MR) is 84.6 cm³/mol. The third kappa shape index (κ3) is 3.76. The Labute approximate surface area is 127 Å². The number of benzene rings is 1. The predicted octanol–water partition coefficient (Wildman–Crippen LogP) is 2.58. The van der Waals surface area contributed by atoms with Gasteiger partial charge in [-0.3, -0.25) is 4.79 Å². The highest BCUT2D eigenvalue weighted by atomic mass is 16.5. The molecule has 0 heterocycles. The Kier molecular flexibility index (Phi) is 5.62. The molecule has 0 saturated heterocycles. The molecule has 2 atom stereocenters. The molecular formula is C17H26N2O2. The Bertz CT molecular complexity index is 488. The molecule has 1 aliphatic rings. The van der Waals surface area contributed by atoms with Crippen molar-refractivity contribution in [3.63, 3.8) is 0 Å². The second-order valence-electron chi connectivity index (χ2n) is 5.48. The molecule has 1 aromatic rings. The number of fused-ring (bicyclic) bond motifs is 1. The maximum Gasteiger partial charge on any atom is 0.260 e. The van der Waals surface area contributed by atoms with Gasteiger partial charge >= 0.3 is 0 Å². The molecule has 0 aliphatic heterocycles. The highest BCUT2D eigenvalue weighted by molar-refractivity contribution is 5.80. The number of amides is 1. The van der Waals surface area contributed by atoms with E-state index >= 15 is 0 Å². The van der Waals surface area contributed by atoms with Crippen LogP contribution in [-0.4, -0.2) is 25.1 Å². The Morgan fingerprint density at radius 2 is 2.19 bits per heavy atom. The minimum Gasteiger partial charge on any atom is -0.481 e. The van der Waals surface area contributed by atoms with Crippen LogP contribution >= 0.6 is 0 Å². The van der Waals surface area contributed by atoms with Crippen molar-refractivity contribution in [3.8, 4) is 5.75 Å². The van der Waals surface area contributed by atoms with Crippen LogP contribution in [0.2, 0.25) is 0 Å². The minimum absolute atomic E-state index is 0.0610. The molecule has 1 amide bonds. The summed E-state index contributed by atoms with van der Waals surface area (Å²) in [5.41, 5.74) is 2.58. The quantitative estimate of drug-likeness (QED) is 0.846. The van der Waals surface area contributed by atoms with E-state index in [1.807, 2.05) is 19.1 Å². The van der Waals surface area contributed by atoms with Gasteiger partial charge < -0.3 is 15.4 Å². The fraction of sp³-hybridized carbons (Fsp3) is 0.588. The summed E-state index contributed by atoms with van der Waals surface area (Å²) in [7, 11) is 0. The Morgan fingerprint density at radius 1 is 1.38 bits per heavy atom. The molecule has 21 heavy (non-hydrogen) atoms. The van der Waals surface area contributed by atoms with Gasteiger partial charge in [-0.15, -0.1) is 0 Å². The lowest BCUT2D eigenvalue weighted by Crippen LogP contribution is -2.36. The molecule has 0 bridgehead atoms. The van der Waals surface area contributed by atoms with Crippen molar-refractivity contribution in [1.29, 1.82) is 0 Å². The molecule has 0 fully saturated rings. The van der Waals surface area contributed by atoms with Crippen LogP contribution in [-0.2, 0) is 11.2 Å². The molecule has 2 unspecified atom stereocenters. The zero-order valence-electron chi connectivity index (χ0n) is 13.2. The molecule has 2 rings (SSSR count). The van der Waals surface area contributed by atoms with Gasteiger partial charge in [0.25, 0.3) is 5.91 Å². The summed E-state index contributed by atoms with van der Waals surface area (Å²) >= 11 is 0. The summed E-state index contributed by atoms with van der Waals surface area (Å²) in [5, 5.41) is 6.33. The molecule has 4 nitrogen and oxygen atoms in total. The average molecular weight is 290 g/mol. The van der Waals surface area contributed by atoms with Gasteiger partial charge in [0.05, 0.1) is 0 Å². The fourth-order valence-electron chi connectivity index (χ4n) is 2.95. The molecule has 2 N–H and O–H groups in total. The van der Waals surface area contributed by atoms with Gasteiger partial charge in [0.1, 0.15) is 5.75 Å². The van der Waals surface area contributed by atoms with Crippen LogP contribution in [0.4, 0.5) is 0 Å². The average Bonchev–Trinajstić information content (AvgIpc) is 2.48. The number of carbonyl (C=O) groups excluding carboxylic acids is 1. The van der Waals surface area contributed by atoms with Crippen LogP contribution in [0.5, 0.6) is 5.75 Å². The van der Waals surface area contributed by atoms with Gasteiger partial charge in [-0.2, -0.15) is 0 Å². The lowest BCUT2D eigenvalue weighted by atomic mass is 9.87. The van der Waals surface area contributed by atoms with Crippen LogP contribution < -0.4 is 15.4 Å². The number of hydrogen-bond donors (Lipinski definition) is 2. The molecule has 0 radical (unpaired) electrons. The van der Waals surface area contributed by atoms with Gasteiger partial charge in [0.2, 0.25) is 0 Å². The van der Waals surface area contributed by atoms with Crippen molar-refractivity contribution in [3.05, 3.63) is 29.3 Å². The Hall–Kier alpha value is -1.55. The summed E-state index contributed by atoms with van der Waals surface area (Å²) < 4.78 is 5.91. The van der Waals surface area contributed by atoms with Crippen molar-refractivity contribution in [2.24, 2.45) is 0 Å². The molecule has 1 aliphatic carbocycles. The molecule has 116 valence electrons. The van der Waals surface area contributed by atoms with Gasteiger partial charge in [-0.05, 0) is 56.8 Å². The number of nitrogens with one attached hydrogen (secondary N) is 2. The minimum atomic E-state index is -0.462. The first-order valence-electron chi connectivity index (χ1n) is 7.96. The van der Waals surface area contributed by atoms with Gasteiger partial charge in [-0.1, -0.05) is 19.1 Å². The number of hydrogen-bond acceptors (Lipinski definition) is 3. The van der Waals surface area contributed by atoms with E-state index in [0.717, 1.165) is 31.6 Å². The van der Waals surface area contributed by atoms with Crippen molar-refractivity contribution in [2.45, 2.75) is 52.2 Å². The van der Waals surface area contributed by atoms with Crippen LogP contribution in [0, 0.1) is 0 Å². The Balaban J connectivity index is 2.18. The zero-order valence-corrected chi connectivity index (χ0v) is 13.2. The third-order valence-electron chi connectivity index (χ3n) is 3.94. The van der Waals surface area contributed by atoms with Crippen LogP contribution in [0.1, 0.15) is 50.8 Å². The zero-order chi connectivity index (χ0) is 15.2. The summed E-state index contributed by atoms with van der Waals surface area (Å²) in [5.74, 6) is 0.794. The first kappa shape index (κ1) is 15.8. The van der Waals surface area contributed by atoms with Gasteiger partial charge in [0.15, 0.2) is 6.10 Å². The van der Waals surface area contributed by atoms with E-state index in [4.69, 9.17) is 4.74 Å². The first-order valence-corrected chi connectivity index (χ1v) is 7.96. The maximum absolute atomic E-state index is 11.8. The van der Waals surface area contributed by atoms with Crippen LogP contribution in [0.3, 0.4) is 0 Å². The Morgan fingerprint density at radius 3 is 2.90 bits per heavy atom. The highest BCUT2D eigenvalue weighted by Gasteiger charge is 2.23. The number of carbonyl (C=O) groups is 1. The number of likely N-dealkylation sites (N-methyl/N-ethyl adjacent to an activating group) is 1. The second kappa shape index (κ2) is 7.46. The highest BCUT2D eigenvalue weighted by Crippen LogP contribution is 2.35. The van der Waals surface area contributed by atoms with E-state index in [9.17, 15) is 4.79 Å². The maximum atomic E-state index is 11.8. The van der Waals surface area contributed by atoms with E-state index in [0.29, 0.717) is 12.6 Å². The van der Waals surface area contributed by atoms with Crippen LogP contribution in [0.25, 0.3) is 0 Å². The summed E-state index contributed by atoms with van der Waals surface area (Å²) in [6.45, 7) is 7.43. The molecular weight excluding hydrogens is 264 g/mol. The first-order chi connectivity index (χ1) is 10.2. The van der Waals surface area contributed by atoms with E-state index in [1.54, 1.807) is 6.92 Å². The van der Waals surface area contributed by atoms with E-state index < -0.39 is 6.10 Å². The molecule has 0 saturated carbocycles. The van der Waals surface area contributed by atoms with Gasteiger partial charge in [0, 0.05) is 12.6 Å². The normalized spacial score (nSPS) is 18.7. The number of rotatable bonds is 6. The monoisotopic (exact) mass is 290 g/mol. The largest absolute Gasteiger partial charge is 0.481 e. The molecule has 4 heteroatoms. The molecule has 1 aromatic carbocycles. The van der Waals surface area contributed by atoms with E-state index in [1.165, 1.54) is 11.1 Å². The molecule has 0 spiro atoms. The summed E-state index contributed by atoms with van der Waals surface area (Å²) in [6.07, 6.45) is 2.88. The number of ether oxygens (including phenoxy) is 1. The van der Waals surface area contributed by atoms with Crippen molar-refractivity contribution in [2.75, 3.05) is 13.1 Å². The lowest BCUT2D eigenvalue weighted by molar-refractivity contribution is -0.127. The van der Waals surface area contributed by atoms with Crippen molar-refractivity contribution in [1.82, 2.24) is 10.6 Å². The summed E-state index contributed by atoms with van der Waals surface area (Å²) in [4.78, 5) is 11.8. The topological polar surface area (TPSA) is 50.4 Å². The van der Waals surface area contributed by atoms with E-state index in [2.05, 4.69) is 23.6 Å². The SMILES string of the molecule is CCNC(=O)C(C)Oc1cccc2c1CCCC2NCC. The lowest BCUT2D eigenvalue weighted by Gasteiger charge is -2.28. The standard InChI is InChI=1S/C17H26N2O2/c1-4-18-15-10-6-9-14-13(15)8-7-11-16(14)21-12(3)17(20)19-5-2/h7-8,11-12,15,18H,4-6,9-10H2,1-3H3,(H,19,20). The third-order valence-corrected chi connectivity index (χ3v) is 3.94. The van der Waals surface area contributed by atoms with Gasteiger partial charge in [-0.25, -0.2) is 0 Å². The smallest absolute Gasteiger partial charge is 0.260 e. The second-order valence-corrected chi connectivity index (χ2v) is 5.48.